The van der Waals surface area contributed by atoms with Gasteiger partial charge in [-0.1, -0.05) is 18.2 Å². The summed E-state index contributed by atoms with van der Waals surface area (Å²) >= 11 is 1.37. The highest BCUT2D eigenvalue weighted by Gasteiger charge is 2.18. The zero-order valence-electron chi connectivity index (χ0n) is 14.0. The highest BCUT2D eigenvalue weighted by molar-refractivity contribution is 7.99. The maximum absolute atomic E-state index is 12.3. The number of rotatable bonds is 6. The molecule has 7 heteroatoms. The molecule has 0 aliphatic carbocycles. The van der Waals surface area contributed by atoms with Gasteiger partial charge in [0.25, 0.3) is 0 Å². The smallest absolute Gasteiger partial charge is 0.385 e. The number of anilines is 1. The van der Waals surface area contributed by atoms with E-state index >= 15 is 0 Å². The van der Waals surface area contributed by atoms with Crippen LogP contribution in [0.1, 0.15) is 5.56 Å². The van der Waals surface area contributed by atoms with E-state index in [0.717, 1.165) is 27.8 Å². The van der Waals surface area contributed by atoms with Gasteiger partial charge in [-0.15, -0.1) is 4.68 Å². The molecular formula is C18H19N4O2S+. The third kappa shape index (κ3) is 4.19. The summed E-state index contributed by atoms with van der Waals surface area (Å²) in [5, 5.41) is 6.71. The van der Waals surface area contributed by atoms with Crippen LogP contribution in [0.15, 0.2) is 60.0 Å². The van der Waals surface area contributed by atoms with Gasteiger partial charge in [0.15, 0.2) is 5.69 Å². The van der Waals surface area contributed by atoms with Gasteiger partial charge >= 0.3 is 5.16 Å². The molecule has 0 fully saturated rings. The number of aromatic amines is 1. The lowest BCUT2D eigenvalue weighted by atomic mass is 10.2. The molecule has 0 saturated carbocycles. The van der Waals surface area contributed by atoms with Crippen molar-refractivity contribution in [3.05, 3.63) is 60.4 Å². The summed E-state index contributed by atoms with van der Waals surface area (Å²) in [7, 11) is 1.62. The number of para-hydroxylation sites is 1. The molecule has 0 aliphatic rings. The number of methoxy groups -OCH3 is 1. The minimum atomic E-state index is -0.0825. The fourth-order valence-electron chi connectivity index (χ4n) is 2.34. The summed E-state index contributed by atoms with van der Waals surface area (Å²) in [6.07, 6.45) is 1.61. The first-order valence-corrected chi connectivity index (χ1v) is 8.74. The molecule has 3 aromatic rings. The SMILES string of the molecule is COc1ccc(NC(=O)CSc2nc[nH][n+]2-c2ccccc2)c(C)c1. The van der Waals surface area contributed by atoms with Crippen LogP contribution in [0.3, 0.4) is 0 Å². The van der Waals surface area contributed by atoms with Crippen molar-refractivity contribution in [2.24, 2.45) is 0 Å². The van der Waals surface area contributed by atoms with Crippen LogP contribution >= 0.6 is 11.8 Å². The molecule has 2 aromatic carbocycles. The molecule has 1 aromatic heterocycles. The van der Waals surface area contributed by atoms with Crippen LogP contribution in [-0.4, -0.2) is 28.9 Å². The zero-order valence-corrected chi connectivity index (χ0v) is 14.8. The number of thioether (sulfide) groups is 1. The molecule has 0 saturated heterocycles. The Morgan fingerprint density at radius 3 is 2.80 bits per heavy atom. The van der Waals surface area contributed by atoms with Gasteiger partial charge in [-0.3, -0.25) is 4.79 Å². The normalized spacial score (nSPS) is 10.5. The second-order valence-electron chi connectivity index (χ2n) is 5.36. The van der Waals surface area contributed by atoms with Crippen LogP contribution in [0.2, 0.25) is 0 Å². The number of H-pyrrole nitrogens is 1. The van der Waals surface area contributed by atoms with E-state index in [1.807, 2.05) is 60.1 Å². The Labute approximate surface area is 150 Å². The number of hydrogen-bond donors (Lipinski definition) is 2. The predicted molar refractivity (Wildman–Crippen MR) is 97.2 cm³/mol. The van der Waals surface area contributed by atoms with Crippen molar-refractivity contribution in [3.8, 4) is 11.4 Å². The van der Waals surface area contributed by atoms with Crippen molar-refractivity contribution in [1.82, 2.24) is 10.1 Å². The van der Waals surface area contributed by atoms with Crippen LogP contribution in [0.25, 0.3) is 5.69 Å². The van der Waals surface area contributed by atoms with Gasteiger partial charge in [0, 0.05) is 5.69 Å². The number of ether oxygens (including phenoxy) is 1. The van der Waals surface area contributed by atoms with Crippen LogP contribution < -0.4 is 14.7 Å². The van der Waals surface area contributed by atoms with Gasteiger partial charge in [-0.05, 0) is 59.6 Å². The second-order valence-corrected chi connectivity index (χ2v) is 6.30. The molecule has 0 radical (unpaired) electrons. The molecule has 0 spiro atoms. The number of aromatic nitrogens is 3. The first-order chi connectivity index (χ1) is 12.2. The molecule has 3 rings (SSSR count). The van der Waals surface area contributed by atoms with E-state index in [1.54, 1.807) is 13.4 Å². The molecule has 25 heavy (non-hydrogen) atoms. The third-order valence-electron chi connectivity index (χ3n) is 3.61. The largest absolute Gasteiger partial charge is 0.497 e. The monoisotopic (exact) mass is 355 g/mol. The van der Waals surface area contributed by atoms with Gasteiger partial charge < -0.3 is 10.1 Å². The molecule has 128 valence electrons. The Balaban J connectivity index is 1.63. The summed E-state index contributed by atoms with van der Waals surface area (Å²) in [6.45, 7) is 1.93. The number of nitrogens with zero attached hydrogens (tertiary/aromatic N) is 2. The first-order valence-electron chi connectivity index (χ1n) is 7.75. The van der Waals surface area contributed by atoms with E-state index in [0.29, 0.717) is 0 Å². The van der Waals surface area contributed by atoms with Crippen molar-refractivity contribution in [3.63, 3.8) is 0 Å². The number of benzene rings is 2. The zero-order chi connectivity index (χ0) is 17.6. The fourth-order valence-corrected chi connectivity index (χ4v) is 3.09. The molecule has 1 amide bonds. The highest BCUT2D eigenvalue weighted by Crippen LogP contribution is 2.21. The Kier molecular flexibility index (Phi) is 5.35. The van der Waals surface area contributed by atoms with Gasteiger partial charge in [0.1, 0.15) is 5.75 Å². The molecular weight excluding hydrogens is 336 g/mol. The maximum Gasteiger partial charge on any atom is 0.385 e. The van der Waals surface area contributed by atoms with Crippen LogP contribution in [0.4, 0.5) is 5.69 Å². The van der Waals surface area contributed by atoms with E-state index in [2.05, 4.69) is 15.4 Å². The van der Waals surface area contributed by atoms with Crippen molar-refractivity contribution in [2.75, 3.05) is 18.2 Å². The summed E-state index contributed by atoms with van der Waals surface area (Å²) in [5.74, 6) is 0.953. The Morgan fingerprint density at radius 2 is 2.08 bits per heavy atom. The van der Waals surface area contributed by atoms with Crippen molar-refractivity contribution in [1.29, 1.82) is 0 Å². The number of hydrogen-bond acceptors (Lipinski definition) is 4. The molecule has 6 nitrogen and oxygen atoms in total. The van der Waals surface area contributed by atoms with Crippen LogP contribution in [-0.2, 0) is 4.79 Å². The predicted octanol–water partition coefficient (Wildman–Crippen LogP) is 2.73. The first kappa shape index (κ1) is 17.0. The quantitative estimate of drug-likeness (QED) is 0.527. The number of carbonyl (C=O) groups is 1. The van der Waals surface area contributed by atoms with Gasteiger partial charge in [0.2, 0.25) is 12.2 Å². The number of aryl methyl sites for hydroxylation is 1. The molecule has 2 N–H and O–H groups in total. The average molecular weight is 355 g/mol. The standard InChI is InChI=1S/C18H18N4O2S/c1-13-10-15(24-2)8-9-16(13)21-17(23)11-25-18-19-12-20-22(18)14-6-4-3-5-7-14/h3-10,12H,11H2,1-2H3,(H,21,23)/p+1. The third-order valence-corrected chi connectivity index (χ3v) is 4.56. The molecule has 0 bridgehead atoms. The Hall–Kier alpha value is -2.80. The topological polar surface area (TPSA) is 70.9 Å². The van der Waals surface area contributed by atoms with E-state index in [-0.39, 0.29) is 11.7 Å². The molecule has 0 aliphatic heterocycles. The lowest BCUT2D eigenvalue weighted by Crippen LogP contribution is -2.35. The van der Waals surface area contributed by atoms with Crippen LogP contribution in [0.5, 0.6) is 5.75 Å². The summed E-state index contributed by atoms with van der Waals surface area (Å²) in [5.41, 5.74) is 2.70. The van der Waals surface area contributed by atoms with E-state index in [9.17, 15) is 4.79 Å². The lowest BCUT2D eigenvalue weighted by molar-refractivity contribution is -0.694. The number of carbonyl (C=O) groups excluding carboxylic acids is 1. The minimum absolute atomic E-state index is 0.0825. The molecule has 1 heterocycles. The molecule has 0 unspecified atom stereocenters. The lowest BCUT2D eigenvalue weighted by Gasteiger charge is -2.09. The van der Waals surface area contributed by atoms with Gasteiger partial charge in [0.05, 0.1) is 12.9 Å². The van der Waals surface area contributed by atoms with Crippen molar-refractivity contribution in [2.45, 2.75) is 12.1 Å². The van der Waals surface area contributed by atoms with Gasteiger partial charge in [-0.2, -0.15) is 5.10 Å². The molecule has 0 atom stereocenters. The summed E-state index contributed by atoms with van der Waals surface area (Å²) < 4.78 is 7.02. The van der Waals surface area contributed by atoms with E-state index in [1.165, 1.54) is 11.8 Å². The Morgan fingerprint density at radius 1 is 1.28 bits per heavy atom. The average Bonchev–Trinajstić information content (AvgIpc) is 3.11. The number of amides is 1. The minimum Gasteiger partial charge on any atom is -0.497 e. The fraction of sp³-hybridized carbons (Fsp3) is 0.167. The van der Waals surface area contributed by atoms with Crippen LogP contribution in [0, 0.1) is 6.92 Å². The van der Waals surface area contributed by atoms with Crippen molar-refractivity contribution >= 4 is 23.4 Å². The second kappa shape index (κ2) is 7.85. The van der Waals surface area contributed by atoms with E-state index in [4.69, 9.17) is 4.74 Å². The summed E-state index contributed by atoms with van der Waals surface area (Å²) in [6, 6.07) is 15.4. The maximum atomic E-state index is 12.3. The van der Waals surface area contributed by atoms with Crippen molar-refractivity contribution < 1.29 is 14.2 Å². The Bertz CT molecular complexity index is 865. The van der Waals surface area contributed by atoms with E-state index < -0.39 is 0 Å². The summed E-state index contributed by atoms with van der Waals surface area (Å²) in [4.78, 5) is 16.5. The van der Waals surface area contributed by atoms with Gasteiger partial charge in [-0.25, -0.2) is 0 Å². The highest BCUT2D eigenvalue weighted by atomic mass is 32.2. The number of nitrogens with one attached hydrogen (secondary N) is 2.